The molecule has 0 atom stereocenters. The molecule has 0 saturated heterocycles. The Labute approximate surface area is 155 Å². The van der Waals surface area contributed by atoms with Gasteiger partial charge in [-0.05, 0) is 48.6 Å². The Bertz CT molecular complexity index is 922. The number of rotatable bonds is 2. The van der Waals surface area contributed by atoms with Gasteiger partial charge in [0.2, 0.25) is 0 Å². The molecule has 4 heteroatoms. The Morgan fingerprint density at radius 1 is 0.920 bits per heavy atom. The molecule has 0 fully saturated rings. The number of benzene rings is 2. The SMILES string of the molecule is Brc1ccc(N=Cc2ccc3cc2OCC#C/C=C\C#CCO3)cc1. The third-order valence-electron chi connectivity index (χ3n) is 3.23. The van der Waals surface area contributed by atoms with E-state index in [0.717, 1.165) is 15.7 Å². The summed E-state index contributed by atoms with van der Waals surface area (Å²) in [5.74, 6) is 12.9. The second-order valence-electron chi connectivity index (χ2n) is 4.99. The molecule has 0 radical (unpaired) electrons. The third kappa shape index (κ3) is 5.28. The first-order valence-electron chi connectivity index (χ1n) is 7.62. The van der Waals surface area contributed by atoms with Crippen molar-refractivity contribution < 1.29 is 9.47 Å². The summed E-state index contributed by atoms with van der Waals surface area (Å²) in [6.45, 7) is 0.587. The van der Waals surface area contributed by atoms with Crippen LogP contribution in [0.4, 0.5) is 5.69 Å². The summed E-state index contributed by atoms with van der Waals surface area (Å²) in [5, 5.41) is 0. The van der Waals surface area contributed by atoms with Crippen molar-refractivity contribution in [2.45, 2.75) is 0 Å². The number of halogens is 1. The van der Waals surface area contributed by atoms with Gasteiger partial charge in [-0.1, -0.05) is 39.6 Å². The van der Waals surface area contributed by atoms with E-state index in [-0.39, 0.29) is 6.61 Å². The summed E-state index contributed by atoms with van der Waals surface area (Å²) in [5.41, 5.74) is 1.72. The topological polar surface area (TPSA) is 30.8 Å². The number of fused-ring (bicyclic) bond motifs is 2. The van der Waals surface area contributed by atoms with E-state index >= 15 is 0 Å². The molecular weight excluding hydrogens is 378 g/mol. The van der Waals surface area contributed by atoms with Crippen molar-refractivity contribution in [2.75, 3.05) is 13.2 Å². The van der Waals surface area contributed by atoms with E-state index in [0.29, 0.717) is 18.1 Å². The minimum absolute atomic E-state index is 0.278. The molecule has 1 heterocycles. The molecule has 2 bridgehead atoms. The predicted molar refractivity (Wildman–Crippen MR) is 104 cm³/mol. The highest BCUT2D eigenvalue weighted by Gasteiger charge is 2.05. The van der Waals surface area contributed by atoms with Crippen LogP contribution < -0.4 is 9.47 Å². The molecule has 1 aliphatic heterocycles. The number of ether oxygens (including phenoxy) is 2. The lowest BCUT2D eigenvalue weighted by Crippen LogP contribution is -2.00. The van der Waals surface area contributed by atoms with E-state index in [9.17, 15) is 0 Å². The highest BCUT2D eigenvalue weighted by molar-refractivity contribution is 9.10. The highest BCUT2D eigenvalue weighted by atomic mass is 79.9. The highest BCUT2D eigenvalue weighted by Crippen LogP contribution is 2.25. The van der Waals surface area contributed by atoms with E-state index in [1.165, 1.54) is 0 Å². The fourth-order valence-corrected chi connectivity index (χ4v) is 2.29. The minimum atomic E-state index is 0.278. The Balaban J connectivity index is 1.85. The standard InChI is InChI=1S/C21H14BrNO2/c22-18-8-10-19(11-9-18)23-16-17-7-12-20-15-21(17)25-14-6-4-2-1-3-5-13-24-20/h1-2,7-12,15-16H,13-14H2/b2-1-,23-16?. The van der Waals surface area contributed by atoms with Crippen LogP contribution in [0.1, 0.15) is 5.56 Å². The average molecular weight is 392 g/mol. The van der Waals surface area contributed by atoms with E-state index in [1.54, 1.807) is 18.4 Å². The van der Waals surface area contributed by atoms with Gasteiger partial charge in [-0.25, -0.2) is 0 Å². The molecule has 0 spiro atoms. The first kappa shape index (κ1) is 16.9. The fourth-order valence-electron chi connectivity index (χ4n) is 2.03. The summed E-state index contributed by atoms with van der Waals surface area (Å²) < 4.78 is 12.4. The molecular formula is C21H14BrNO2. The van der Waals surface area contributed by atoms with Crippen molar-refractivity contribution in [3.63, 3.8) is 0 Å². The summed E-state index contributed by atoms with van der Waals surface area (Å²) in [6, 6.07) is 13.4. The van der Waals surface area contributed by atoms with Gasteiger partial charge in [0, 0.05) is 22.3 Å². The van der Waals surface area contributed by atoms with Gasteiger partial charge >= 0.3 is 0 Å². The molecule has 2 aromatic carbocycles. The smallest absolute Gasteiger partial charge is 0.149 e. The van der Waals surface area contributed by atoms with Crippen LogP contribution in [0.2, 0.25) is 0 Å². The minimum Gasteiger partial charge on any atom is -0.481 e. The van der Waals surface area contributed by atoms with Gasteiger partial charge in [0.1, 0.15) is 24.7 Å². The molecule has 3 rings (SSSR count). The summed E-state index contributed by atoms with van der Waals surface area (Å²) >= 11 is 3.41. The maximum absolute atomic E-state index is 5.77. The first-order chi connectivity index (χ1) is 12.3. The van der Waals surface area contributed by atoms with Crippen molar-refractivity contribution >= 4 is 27.8 Å². The summed E-state index contributed by atoms with van der Waals surface area (Å²) in [4.78, 5) is 4.49. The van der Waals surface area contributed by atoms with Gasteiger partial charge in [0.25, 0.3) is 0 Å². The molecule has 0 amide bonds. The van der Waals surface area contributed by atoms with Crippen LogP contribution >= 0.6 is 15.9 Å². The molecule has 1 aliphatic rings. The van der Waals surface area contributed by atoms with Gasteiger partial charge in [-0.15, -0.1) is 0 Å². The van der Waals surface area contributed by atoms with Gasteiger partial charge in [0.05, 0.1) is 5.69 Å². The number of nitrogens with zero attached hydrogens (tertiary/aromatic N) is 1. The Morgan fingerprint density at radius 2 is 1.64 bits per heavy atom. The van der Waals surface area contributed by atoms with Crippen molar-refractivity contribution in [1.29, 1.82) is 0 Å². The van der Waals surface area contributed by atoms with Crippen molar-refractivity contribution in [1.82, 2.24) is 0 Å². The van der Waals surface area contributed by atoms with E-state index < -0.39 is 0 Å². The molecule has 0 unspecified atom stereocenters. The van der Waals surface area contributed by atoms with Gasteiger partial charge in [-0.3, -0.25) is 4.99 Å². The molecule has 0 aromatic heterocycles. The summed E-state index contributed by atoms with van der Waals surface area (Å²) in [7, 11) is 0. The molecule has 2 aromatic rings. The second-order valence-corrected chi connectivity index (χ2v) is 5.90. The lowest BCUT2D eigenvalue weighted by Gasteiger charge is -2.09. The molecule has 0 N–H and O–H groups in total. The maximum atomic E-state index is 5.77. The summed E-state index contributed by atoms with van der Waals surface area (Å²) in [6.07, 6.45) is 5.16. The predicted octanol–water partition coefficient (Wildman–Crippen LogP) is 4.53. The fraction of sp³-hybridized carbons (Fsp3) is 0.0952. The second kappa shape index (κ2) is 8.78. The zero-order chi connectivity index (χ0) is 17.3. The zero-order valence-corrected chi connectivity index (χ0v) is 14.9. The third-order valence-corrected chi connectivity index (χ3v) is 3.76. The molecule has 3 nitrogen and oxygen atoms in total. The molecule has 25 heavy (non-hydrogen) atoms. The Hall–Kier alpha value is -2.95. The Kier molecular flexibility index (Phi) is 5.93. The largest absolute Gasteiger partial charge is 0.481 e. The van der Waals surface area contributed by atoms with E-state index in [2.05, 4.69) is 44.6 Å². The lowest BCUT2D eigenvalue weighted by atomic mass is 10.2. The number of allylic oxidation sites excluding steroid dienone is 2. The van der Waals surface area contributed by atoms with Crippen LogP contribution in [0.5, 0.6) is 11.5 Å². The van der Waals surface area contributed by atoms with Crippen LogP contribution in [0.3, 0.4) is 0 Å². The molecule has 0 saturated carbocycles. The van der Waals surface area contributed by atoms with Crippen molar-refractivity contribution in [3.8, 4) is 35.2 Å². The van der Waals surface area contributed by atoms with E-state index in [1.807, 2.05) is 42.5 Å². The molecule has 0 aliphatic carbocycles. The van der Waals surface area contributed by atoms with E-state index in [4.69, 9.17) is 9.47 Å². The monoisotopic (exact) mass is 391 g/mol. The van der Waals surface area contributed by atoms with Crippen LogP contribution in [0.25, 0.3) is 0 Å². The van der Waals surface area contributed by atoms with Crippen LogP contribution in [-0.4, -0.2) is 19.4 Å². The number of hydrogen-bond donors (Lipinski definition) is 0. The van der Waals surface area contributed by atoms with Crippen LogP contribution in [-0.2, 0) is 0 Å². The molecule has 122 valence electrons. The van der Waals surface area contributed by atoms with Gasteiger partial charge in [-0.2, -0.15) is 0 Å². The number of hydrogen-bond acceptors (Lipinski definition) is 3. The Morgan fingerprint density at radius 3 is 2.40 bits per heavy atom. The lowest BCUT2D eigenvalue weighted by molar-refractivity contribution is 0.351. The van der Waals surface area contributed by atoms with Crippen LogP contribution in [0, 0.1) is 23.7 Å². The quantitative estimate of drug-likeness (QED) is 0.555. The normalized spacial score (nSPS) is 14.3. The zero-order valence-electron chi connectivity index (χ0n) is 13.3. The van der Waals surface area contributed by atoms with Crippen LogP contribution in [0.15, 0.2) is 64.1 Å². The number of aliphatic imine (C=N–C) groups is 1. The first-order valence-corrected chi connectivity index (χ1v) is 8.42. The van der Waals surface area contributed by atoms with Gasteiger partial charge in [0.15, 0.2) is 0 Å². The average Bonchev–Trinajstić information content (AvgIpc) is 2.65. The van der Waals surface area contributed by atoms with Gasteiger partial charge < -0.3 is 9.47 Å². The van der Waals surface area contributed by atoms with Crippen molar-refractivity contribution in [2.24, 2.45) is 4.99 Å². The van der Waals surface area contributed by atoms with Crippen molar-refractivity contribution in [3.05, 3.63) is 64.7 Å². The maximum Gasteiger partial charge on any atom is 0.149 e.